The first-order valence-electron chi connectivity index (χ1n) is 6.39. The van der Waals surface area contributed by atoms with Crippen LogP contribution in [-0.4, -0.2) is 13.1 Å². The molecule has 1 aromatic carbocycles. The summed E-state index contributed by atoms with van der Waals surface area (Å²) >= 11 is 3.52. The fourth-order valence-electron chi connectivity index (χ4n) is 2.61. The Morgan fingerprint density at radius 3 is 2.82 bits per heavy atom. The van der Waals surface area contributed by atoms with Crippen LogP contribution >= 0.6 is 15.9 Å². The van der Waals surface area contributed by atoms with E-state index in [9.17, 15) is 0 Å². The van der Waals surface area contributed by atoms with Crippen molar-refractivity contribution in [1.82, 2.24) is 5.32 Å². The van der Waals surface area contributed by atoms with Crippen molar-refractivity contribution >= 4 is 15.9 Å². The van der Waals surface area contributed by atoms with Gasteiger partial charge in [0.05, 0.1) is 0 Å². The molecule has 1 aliphatic rings. The highest BCUT2D eigenvalue weighted by atomic mass is 79.9. The molecule has 0 saturated carbocycles. The number of benzene rings is 1. The van der Waals surface area contributed by atoms with Gasteiger partial charge in [0.2, 0.25) is 0 Å². The van der Waals surface area contributed by atoms with Crippen molar-refractivity contribution in [2.45, 2.75) is 32.2 Å². The standard InChI is InChI=1S/C14H21BrN2/c1-10-2-3-12(15)9-13(10)14(16)8-11-4-6-17-7-5-11/h2-3,9,11,14,17H,4-8,16H2,1H3. The molecule has 0 bridgehead atoms. The van der Waals surface area contributed by atoms with E-state index in [0.29, 0.717) is 0 Å². The second kappa shape index (κ2) is 5.98. The van der Waals surface area contributed by atoms with E-state index in [0.717, 1.165) is 29.9 Å². The van der Waals surface area contributed by atoms with Crippen LogP contribution in [0.25, 0.3) is 0 Å². The van der Waals surface area contributed by atoms with Crippen LogP contribution in [0.3, 0.4) is 0 Å². The average Bonchev–Trinajstić information content (AvgIpc) is 2.33. The summed E-state index contributed by atoms with van der Waals surface area (Å²) in [5.41, 5.74) is 8.94. The minimum atomic E-state index is 0.176. The van der Waals surface area contributed by atoms with Gasteiger partial charge in [0, 0.05) is 10.5 Å². The number of nitrogens with two attached hydrogens (primary N) is 1. The van der Waals surface area contributed by atoms with Crippen LogP contribution in [-0.2, 0) is 0 Å². The molecule has 1 unspecified atom stereocenters. The lowest BCUT2D eigenvalue weighted by atomic mass is 9.87. The van der Waals surface area contributed by atoms with E-state index in [4.69, 9.17) is 5.73 Å². The molecule has 0 spiro atoms. The van der Waals surface area contributed by atoms with Gasteiger partial charge < -0.3 is 11.1 Å². The Balaban J connectivity index is 2.02. The predicted molar refractivity (Wildman–Crippen MR) is 76.0 cm³/mol. The lowest BCUT2D eigenvalue weighted by molar-refractivity contribution is 0.332. The molecule has 2 nitrogen and oxygen atoms in total. The molecule has 1 saturated heterocycles. The maximum Gasteiger partial charge on any atom is 0.0300 e. The van der Waals surface area contributed by atoms with Crippen LogP contribution in [0.15, 0.2) is 22.7 Å². The molecule has 1 atom stereocenters. The lowest BCUT2D eigenvalue weighted by Gasteiger charge is -2.26. The van der Waals surface area contributed by atoms with Gasteiger partial charge in [0.1, 0.15) is 0 Å². The van der Waals surface area contributed by atoms with Crippen molar-refractivity contribution in [1.29, 1.82) is 0 Å². The maximum atomic E-state index is 6.35. The van der Waals surface area contributed by atoms with Gasteiger partial charge in [-0.2, -0.15) is 0 Å². The van der Waals surface area contributed by atoms with Crippen LogP contribution in [0.1, 0.15) is 36.4 Å². The summed E-state index contributed by atoms with van der Waals surface area (Å²) in [5, 5.41) is 3.40. The third-order valence-electron chi connectivity index (χ3n) is 3.69. The van der Waals surface area contributed by atoms with Gasteiger partial charge in [-0.1, -0.05) is 22.0 Å². The Morgan fingerprint density at radius 2 is 2.12 bits per heavy atom. The third kappa shape index (κ3) is 3.54. The lowest BCUT2D eigenvalue weighted by Crippen LogP contribution is -2.29. The molecular weight excluding hydrogens is 276 g/mol. The highest BCUT2D eigenvalue weighted by Gasteiger charge is 2.18. The topological polar surface area (TPSA) is 38.0 Å². The Bertz CT molecular complexity index is 372. The first-order chi connectivity index (χ1) is 8.16. The van der Waals surface area contributed by atoms with Crippen LogP contribution < -0.4 is 11.1 Å². The predicted octanol–water partition coefficient (Wildman–Crippen LogP) is 3.15. The molecule has 1 aliphatic heterocycles. The Morgan fingerprint density at radius 1 is 1.41 bits per heavy atom. The Labute approximate surface area is 112 Å². The smallest absolute Gasteiger partial charge is 0.0300 e. The fourth-order valence-corrected chi connectivity index (χ4v) is 2.99. The number of hydrogen-bond acceptors (Lipinski definition) is 2. The van der Waals surface area contributed by atoms with Crippen molar-refractivity contribution in [3.05, 3.63) is 33.8 Å². The van der Waals surface area contributed by atoms with Crippen LogP contribution in [0, 0.1) is 12.8 Å². The number of aryl methyl sites for hydroxylation is 1. The van der Waals surface area contributed by atoms with E-state index in [1.54, 1.807) is 0 Å². The number of halogens is 1. The van der Waals surface area contributed by atoms with Crippen molar-refractivity contribution in [2.75, 3.05) is 13.1 Å². The van der Waals surface area contributed by atoms with E-state index in [2.05, 4.69) is 46.4 Å². The van der Waals surface area contributed by atoms with E-state index in [1.807, 2.05) is 0 Å². The summed E-state index contributed by atoms with van der Waals surface area (Å²) in [7, 11) is 0. The summed E-state index contributed by atoms with van der Waals surface area (Å²) in [4.78, 5) is 0. The van der Waals surface area contributed by atoms with Crippen molar-refractivity contribution in [3.63, 3.8) is 0 Å². The first kappa shape index (κ1) is 13.1. The van der Waals surface area contributed by atoms with Crippen LogP contribution in [0.5, 0.6) is 0 Å². The quantitative estimate of drug-likeness (QED) is 0.899. The van der Waals surface area contributed by atoms with Gasteiger partial charge in [0.15, 0.2) is 0 Å². The monoisotopic (exact) mass is 296 g/mol. The SMILES string of the molecule is Cc1ccc(Br)cc1C(N)CC1CCNCC1. The molecule has 0 amide bonds. The normalized spacial score (nSPS) is 19.2. The highest BCUT2D eigenvalue weighted by Crippen LogP contribution is 2.28. The highest BCUT2D eigenvalue weighted by molar-refractivity contribution is 9.10. The number of rotatable bonds is 3. The zero-order valence-corrected chi connectivity index (χ0v) is 12.0. The maximum absolute atomic E-state index is 6.35. The third-order valence-corrected chi connectivity index (χ3v) is 4.18. The molecule has 0 aliphatic carbocycles. The molecule has 2 rings (SSSR count). The van der Waals surface area contributed by atoms with Gasteiger partial charge in [-0.3, -0.25) is 0 Å². The van der Waals surface area contributed by atoms with E-state index < -0.39 is 0 Å². The van der Waals surface area contributed by atoms with Gasteiger partial charge in [0.25, 0.3) is 0 Å². The second-order valence-electron chi connectivity index (χ2n) is 5.04. The van der Waals surface area contributed by atoms with Crippen molar-refractivity contribution in [3.8, 4) is 0 Å². The van der Waals surface area contributed by atoms with Crippen molar-refractivity contribution in [2.24, 2.45) is 11.7 Å². The van der Waals surface area contributed by atoms with Crippen LogP contribution in [0.2, 0.25) is 0 Å². The van der Waals surface area contributed by atoms with Crippen LogP contribution in [0.4, 0.5) is 0 Å². The number of hydrogen-bond donors (Lipinski definition) is 2. The molecule has 3 N–H and O–H groups in total. The molecular formula is C14H21BrN2. The molecule has 1 heterocycles. The number of piperidine rings is 1. The zero-order chi connectivity index (χ0) is 12.3. The molecule has 3 heteroatoms. The molecule has 17 heavy (non-hydrogen) atoms. The largest absolute Gasteiger partial charge is 0.324 e. The summed E-state index contributed by atoms with van der Waals surface area (Å²) in [6.07, 6.45) is 3.64. The second-order valence-corrected chi connectivity index (χ2v) is 5.95. The molecule has 0 aromatic heterocycles. The fraction of sp³-hybridized carbons (Fsp3) is 0.571. The van der Waals surface area contributed by atoms with Gasteiger partial charge in [-0.25, -0.2) is 0 Å². The molecule has 0 radical (unpaired) electrons. The molecule has 1 aromatic rings. The molecule has 94 valence electrons. The number of nitrogens with one attached hydrogen (secondary N) is 1. The van der Waals surface area contributed by atoms with Crippen molar-refractivity contribution < 1.29 is 0 Å². The molecule has 1 fully saturated rings. The summed E-state index contributed by atoms with van der Waals surface area (Å²) in [6.45, 7) is 4.44. The zero-order valence-electron chi connectivity index (χ0n) is 10.4. The summed E-state index contributed by atoms with van der Waals surface area (Å²) in [6, 6.07) is 6.56. The van der Waals surface area contributed by atoms with Gasteiger partial charge in [-0.05, 0) is 68.5 Å². The van der Waals surface area contributed by atoms with Gasteiger partial charge in [-0.15, -0.1) is 0 Å². The van der Waals surface area contributed by atoms with Gasteiger partial charge >= 0.3 is 0 Å². The van der Waals surface area contributed by atoms with E-state index in [-0.39, 0.29) is 6.04 Å². The Kier molecular flexibility index (Phi) is 4.60. The minimum Gasteiger partial charge on any atom is -0.324 e. The summed E-state index contributed by atoms with van der Waals surface area (Å²) < 4.78 is 1.12. The van der Waals surface area contributed by atoms with E-state index in [1.165, 1.54) is 24.0 Å². The first-order valence-corrected chi connectivity index (χ1v) is 7.18. The average molecular weight is 297 g/mol. The van der Waals surface area contributed by atoms with E-state index >= 15 is 0 Å². The Hall–Kier alpha value is -0.380. The minimum absolute atomic E-state index is 0.176. The summed E-state index contributed by atoms with van der Waals surface area (Å²) in [5.74, 6) is 0.782.